The van der Waals surface area contributed by atoms with E-state index < -0.39 is 29.3 Å². The van der Waals surface area contributed by atoms with E-state index in [1.54, 1.807) is 0 Å². The molecule has 1 aliphatic carbocycles. The van der Waals surface area contributed by atoms with Gasteiger partial charge in [-0.2, -0.15) is 0 Å². The second-order valence-electron chi connectivity index (χ2n) is 12.4. The van der Waals surface area contributed by atoms with Gasteiger partial charge in [0.15, 0.2) is 5.78 Å². The molecule has 0 saturated heterocycles. The molecule has 1 heterocycles. The fraction of sp³-hybridized carbons (Fsp3) is 0.543. The summed E-state index contributed by atoms with van der Waals surface area (Å²) in [6, 6.07) is 9.34. The van der Waals surface area contributed by atoms with Crippen molar-refractivity contribution in [3.63, 3.8) is 0 Å². The Morgan fingerprint density at radius 1 is 0.956 bits per heavy atom. The molecule has 45 heavy (non-hydrogen) atoms. The summed E-state index contributed by atoms with van der Waals surface area (Å²) in [6.07, 6.45) is 3.36. The molecule has 2 atom stereocenters. The molecule has 246 valence electrons. The molecule has 2 aromatic rings. The summed E-state index contributed by atoms with van der Waals surface area (Å²) in [7, 11) is 0. The van der Waals surface area contributed by atoms with Gasteiger partial charge in [-0.15, -0.1) is 0 Å². The number of carbonyl (C=O) groups excluding carboxylic acids is 1. The number of hydrogen-bond donors (Lipinski definition) is 1. The topological polar surface area (TPSA) is 85.3 Å². The van der Waals surface area contributed by atoms with Crippen LogP contribution in [-0.2, 0) is 25.4 Å². The first-order valence-electron chi connectivity index (χ1n) is 15.7. The molecule has 0 bridgehead atoms. The average Bonchev–Trinajstić information content (AvgIpc) is 3.33. The Labute approximate surface area is 263 Å². The Kier molecular flexibility index (Phi) is 12.4. The zero-order valence-corrected chi connectivity index (χ0v) is 26.4. The second-order valence-corrected chi connectivity index (χ2v) is 12.4. The Hall–Kier alpha value is -3.05. The maximum atomic E-state index is 15.9. The van der Waals surface area contributed by atoms with E-state index in [4.69, 9.17) is 19.3 Å². The molecule has 7 nitrogen and oxygen atoms in total. The third-order valence-corrected chi connectivity index (χ3v) is 8.23. The van der Waals surface area contributed by atoms with E-state index in [1.165, 1.54) is 13.8 Å². The predicted molar refractivity (Wildman–Crippen MR) is 165 cm³/mol. The molecule has 0 saturated carbocycles. The molecule has 0 radical (unpaired) electrons. The SMILES string of the molecule is C[C@@H]1CC2=C(Cc3ccccc32)[C@@H](c2c(F)cc(C(=O)CCCCCOCCOCCOCC(=O)O)cc2F)N1CC(C)(C)F. The van der Waals surface area contributed by atoms with Gasteiger partial charge in [0.05, 0.1) is 32.5 Å². The van der Waals surface area contributed by atoms with Crippen LogP contribution in [0.4, 0.5) is 13.2 Å². The maximum absolute atomic E-state index is 15.9. The first-order chi connectivity index (χ1) is 21.5. The maximum Gasteiger partial charge on any atom is 0.329 e. The molecule has 10 heteroatoms. The van der Waals surface area contributed by atoms with Crippen molar-refractivity contribution >= 4 is 17.3 Å². The summed E-state index contributed by atoms with van der Waals surface area (Å²) in [5.74, 6) is -2.93. The summed E-state index contributed by atoms with van der Waals surface area (Å²) in [4.78, 5) is 25.1. The fourth-order valence-corrected chi connectivity index (χ4v) is 6.26. The number of ketones is 1. The monoisotopic (exact) mass is 631 g/mol. The highest BCUT2D eigenvalue weighted by atomic mass is 19.1. The minimum atomic E-state index is -1.57. The largest absolute Gasteiger partial charge is 0.480 e. The lowest BCUT2D eigenvalue weighted by atomic mass is 9.83. The van der Waals surface area contributed by atoms with Crippen LogP contribution in [-0.4, -0.2) is 79.7 Å². The molecule has 2 aliphatic rings. The molecule has 4 rings (SSSR count). The lowest BCUT2D eigenvalue weighted by Crippen LogP contribution is -2.47. The molecular formula is C35H44F3NO6. The van der Waals surface area contributed by atoms with Gasteiger partial charge >= 0.3 is 5.97 Å². The van der Waals surface area contributed by atoms with Crippen molar-refractivity contribution in [3.8, 4) is 0 Å². The smallest absolute Gasteiger partial charge is 0.329 e. The van der Waals surface area contributed by atoms with Gasteiger partial charge in [-0.05, 0) is 80.9 Å². The number of carboxylic acid groups (broad SMARTS) is 1. The molecule has 1 N–H and O–H groups in total. The van der Waals surface area contributed by atoms with Crippen molar-refractivity contribution in [2.75, 3.05) is 46.2 Å². The van der Waals surface area contributed by atoms with Gasteiger partial charge in [0.2, 0.25) is 0 Å². The second kappa shape index (κ2) is 16.0. The number of nitrogens with zero attached hydrogens (tertiary/aromatic N) is 1. The van der Waals surface area contributed by atoms with Gasteiger partial charge in [-0.3, -0.25) is 9.69 Å². The van der Waals surface area contributed by atoms with E-state index in [0.717, 1.165) is 40.8 Å². The Balaban J connectivity index is 1.33. The zero-order chi connectivity index (χ0) is 32.6. The summed E-state index contributed by atoms with van der Waals surface area (Å²) in [5, 5.41) is 8.49. The van der Waals surface area contributed by atoms with Crippen molar-refractivity contribution in [2.45, 2.75) is 77.0 Å². The number of fused-ring (bicyclic) bond motifs is 2. The highest BCUT2D eigenvalue weighted by molar-refractivity contribution is 5.96. The third kappa shape index (κ3) is 9.48. The van der Waals surface area contributed by atoms with E-state index in [2.05, 4.69) is 0 Å². The lowest BCUT2D eigenvalue weighted by molar-refractivity contribution is -0.142. The van der Waals surface area contributed by atoms with Crippen LogP contribution in [0.15, 0.2) is 42.0 Å². The van der Waals surface area contributed by atoms with E-state index in [-0.39, 0.29) is 55.7 Å². The molecule has 2 aromatic carbocycles. The van der Waals surface area contributed by atoms with E-state index >= 15 is 13.2 Å². The number of aliphatic carboxylic acids is 1. The molecule has 0 amide bonds. The van der Waals surface area contributed by atoms with Gasteiger partial charge in [0.1, 0.15) is 23.9 Å². The number of ether oxygens (including phenoxy) is 3. The van der Waals surface area contributed by atoms with Gasteiger partial charge in [0.25, 0.3) is 0 Å². The highest BCUT2D eigenvalue weighted by Crippen LogP contribution is 2.50. The number of carbonyl (C=O) groups is 2. The highest BCUT2D eigenvalue weighted by Gasteiger charge is 2.43. The van der Waals surface area contributed by atoms with Crippen LogP contribution in [0.2, 0.25) is 0 Å². The molecule has 0 spiro atoms. The number of carboxylic acids is 1. The van der Waals surface area contributed by atoms with Crippen LogP contribution in [0, 0.1) is 11.6 Å². The van der Waals surface area contributed by atoms with Gasteiger partial charge < -0.3 is 19.3 Å². The number of halogens is 3. The molecule has 0 fully saturated rings. The molecule has 1 aliphatic heterocycles. The standard InChI is InChI=1S/C35H44F3NO6/c1-23-17-27-26-10-7-6-9-24(26)18-28(27)34(39(23)22-35(2,3)38)33-29(36)19-25(20-30(33)37)31(40)11-5-4-8-12-43-13-14-44-15-16-45-21-32(41)42/h6-7,9-10,19-20,23,34H,4-5,8,11-18,21-22H2,1-3H3,(H,41,42)/t23-,34+/m1/s1. The summed E-state index contributed by atoms with van der Waals surface area (Å²) in [6.45, 7) is 6.29. The van der Waals surface area contributed by atoms with Crippen molar-refractivity contribution in [1.82, 2.24) is 4.90 Å². The summed E-state index contributed by atoms with van der Waals surface area (Å²) >= 11 is 0. The first kappa shape index (κ1) is 34.8. The number of hydrogen-bond acceptors (Lipinski definition) is 6. The number of alkyl halides is 1. The Morgan fingerprint density at radius 2 is 1.60 bits per heavy atom. The van der Waals surface area contributed by atoms with Crippen LogP contribution in [0.5, 0.6) is 0 Å². The van der Waals surface area contributed by atoms with Crippen molar-refractivity contribution < 1.29 is 42.1 Å². The Morgan fingerprint density at radius 3 is 2.27 bits per heavy atom. The number of Topliss-reactive ketones (excluding diaryl/α,β-unsaturated/α-hetero) is 1. The quantitative estimate of drug-likeness (QED) is 0.144. The zero-order valence-electron chi connectivity index (χ0n) is 26.4. The molecular weight excluding hydrogens is 587 g/mol. The van der Waals surface area contributed by atoms with Crippen LogP contribution in [0.25, 0.3) is 5.57 Å². The van der Waals surface area contributed by atoms with Crippen LogP contribution >= 0.6 is 0 Å². The summed E-state index contributed by atoms with van der Waals surface area (Å²) < 4.78 is 62.4. The molecule has 0 aromatic heterocycles. The van der Waals surface area contributed by atoms with Gasteiger partial charge in [-0.1, -0.05) is 30.7 Å². The van der Waals surface area contributed by atoms with Crippen molar-refractivity contribution in [3.05, 3.63) is 75.9 Å². The first-order valence-corrected chi connectivity index (χ1v) is 15.7. The fourth-order valence-electron chi connectivity index (χ4n) is 6.26. The number of benzene rings is 2. The van der Waals surface area contributed by atoms with Crippen molar-refractivity contribution in [2.24, 2.45) is 0 Å². The van der Waals surface area contributed by atoms with E-state index in [1.807, 2.05) is 36.1 Å². The van der Waals surface area contributed by atoms with Crippen LogP contribution in [0.1, 0.15) is 86.0 Å². The van der Waals surface area contributed by atoms with E-state index in [9.17, 15) is 9.59 Å². The normalized spacial score (nSPS) is 18.3. The van der Waals surface area contributed by atoms with Crippen molar-refractivity contribution in [1.29, 1.82) is 0 Å². The molecule has 0 unspecified atom stereocenters. The Bertz CT molecular complexity index is 1350. The van der Waals surface area contributed by atoms with Gasteiger partial charge in [0, 0.05) is 36.7 Å². The van der Waals surface area contributed by atoms with Crippen LogP contribution in [0.3, 0.4) is 0 Å². The average molecular weight is 632 g/mol. The number of unbranched alkanes of at least 4 members (excludes halogenated alkanes) is 2. The van der Waals surface area contributed by atoms with Crippen LogP contribution < -0.4 is 0 Å². The number of rotatable bonds is 18. The van der Waals surface area contributed by atoms with Gasteiger partial charge in [-0.25, -0.2) is 18.0 Å². The van der Waals surface area contributed by atoms with E-state index in [0.29, 0.717) is 45.5 Å². The minimum absolute atomic E-state index is 0.000349. The minimum Gasteiger partial charge on any atom is -0.480 e. The lowest BCUT2D eigenvalue weighted by Gasteiger charge is -2.44. The third-order valence-electron chi connectivity index (χ3n) is 8.23. The predicted octanol–water partition coefficient (Wildman–Crippen LogP) is 6.74. The summed E-state index contributed by atoms with van der Waals surface area (Å²) in [5.41, 5.74) is 2.47.